The second kappa shape index (κ2) is 8.66. The van der Waals surface area contributed by atoms with E-state index in [1.54, 1.807) is 0 Å². The third-order valence-corrected chi connectivity index (χ3v) is 5.18. The predicted octanol–water partition coefficient (Wildman–Crippen LogP) is 3.47. The van der Waals surface area contributed by atoms with Gasteiger partial charge < -0.3 is 10.6 Å². The number of nitrogens with zero attached hydrogens (tertiary/aromatic N) is 1. The zero-order chi connectivity index (χ0) is 14.2. The van der Waals surface area contributed by atoms with Gasteiger partial charge in [0, 0.05) is 19.0 Å². The Kier molecular flexibility index (Phi) is 6.85. The van der Waals surface area contributed by atoms with E-state index >= 15 is 0 Å². The highest BCUT2D eigenvalue weighted by Gasteiger charge is 2.26. The SMILES string of the molecule is NCCCN(C(=O)CCC1CCCCC1)C1CCCC1. The molecule has 0 spiro atoms. The summed E-state index contributed by atoms with van der Waals surface area (Å²) in [7, 11) is 0. The zero-order valence-corrected chi connectivity index (χ0v) is 13.0. The van der Waals surface area contributed by atoms with Gasteiger partial charge in [0.05, 0.1) is 0 Å². The van der Waals surface area contributed by atoms with Gasteiger partial charge in [-0.2, -0.15) is 0 Å². The van der Waals surface area contributed by atoms with Crippen LogP contribution >= 0.6 is 0 Å². The molecule has 3 nitrogen and oxygen atoms in total. The summed E-state index contributed by atoms with van der Waals surface area (Å²) in [4.78, 5) is 14.7. The lowest BCUT2D eigenvalue weighted by Crippen LogP contribution is -2.40. The van der Waals surface area contributed by atoms with Crippen molar-refractivity contribution in [1.29, 1.82) is 0 Å². The highest BCUT2D eigenvalue weighted by Crippen LogP contribution is 2.29. The van der Waals surface area contributed by atoms with Crippen LogP contribution in [-0.2, 0) is 4.79 Å². The van der Waals surface area contributed by atoms with Crippen LogP contribution in [0, 0.1) is 5.92 Å². The molecule has 0 bridgehead atoms. The average molecular weight is 280 g/mol. The molecule has 0 radical (unpaired) electrons. The predicted molar refractivity (Wildman–Crippen MR) is 83.4 cm³/mol. The number of rotatable bonds is 7. The third kappa shape index (κ3) is 4.76. The lowest BCUT2D eigenvalue weighted by molar-refractivity contribution is -0.133. The molecule has 2 N–H and O–H groups in total. The largest absolute Gasteiger partial charge is 0.340 e. The smallest absolute Gasteiger partial charge is 0.222 e. The van der Waals surface area contributed by atoms with Crippen molar-refractivity contribution in [3.63, 3.8) is 0 Å². The molecule has 2 aliphatic carbocycles. The summed E-state index contributed by atoms with van der Waals surface area (Å²) in [5, 5.41) is 0. The van der Waals surface area contributed by atoms with Crippen molar-refractivity contribution in [1.82, 2.24) is 4.90 Å². The van der Waals surface area contributed by atoms with Crippen LogP contribution in [0.3, 0.4) is 0 Å². The van der Waals surface area contributed by atoms with Gasteiger partial charge in [-0.15, -0.1) is 0 Å². The monoisotopic (exact) mass is 280 g/mol. The Labute approximate surface area is 124 Å². The molecule has 0 heterocycles. The minimum absolute atomic E-state index is 0.399. The number of hydrogen-bond acceptors (Lipinski definition) is 2. The van der Waals surface area contributed by atoms with Crippen LogP contribution in [0.5, 0.6) is 0 Å². The van der Waals surface area contributed by atoms with Crippen LogP contribution in [0.4, 0.5) is 0 Å². The fourth-order valence-corrected chi connectivity index (χ4v) is 3.94. The first-order valence-electron chi connectivity index (χ1n) is 8.81. The van der Waals surface area contributed by atoms with E-state index in [9.17, 15) is 4.79 Å². The molecule has 0 unspecified atom stereocenters. The Bertz CT molecular complexity index is 281. The van der Waals surface area contributed by atoms with Gasteiger partial charge in [0.2, 0.25) is 5.91 Å². The number of carbonyl (C=O) groups excluding carboxylic acids is 1. The Hall–Kier alpha value is -0.570. The molecule has 2 fully saturated rings. The van der Waals surface area contributed by atoms with Crippen LogP contribution in [0.25, 0.3) is 0 Å². The van der Waals surface area contributed by atoms with Crippen molar-refractivity contribution in [2.75, 3.05) is 13.1 Å². The summed E-state index contributed by atoms with van der Waals surface area (Å²) in [6.07, 6.45) is 14.7. The number of nitrogens with two attached hydrogens (primary N) is 1. The molecule has 0 saturated heterocycles. The molecule has 0 aromatic rings. The second-order valence-electron chi connectivity index (χ2n) is 6.71. The molecule has 20 heavy (non-hydrogen) atoms. The van der Waals surface area contributed by atoms with Gasteiger partial charge in [-0.1, -0.05) is 44.9 Å². The van der Waals surface area contributed by atoms with Gasteiger partial charge in [-0.05, 0) is 38.1 Å². The van der Waals surface area contributed by atoms with Crippen LogP contribution in [0.15, 0.2) is 0 Å². The van der Waals surface area contributed by atoms with Gasteiger partial charge in [0.25, 0.3) is 0 Å². The summed E-state index contributed by atoms with van der Waals surface area (Å²) in [6.45, 7) is 1.57. The van der Waals surface area contributed by atoms with Crippen molar-refractivity contribution in [3.8, 4) is 0 Å². The average Bonchev–Trinajstić information content (AvgIpc) is 3.01. The molecule has 2 rings (SSSR count). The molecule has 0 aromatic carbocycles. The van der Waals surface area contributed by atoms with Crippen molar-refractivity contribution in [3.05, 3.63) is 0 Å². The Morgan fingerprint density at radius 2 is 1.65 bits per heavy atom. The van der Waals surface area contributed by atoms with Gasteiger partial charge >= 0.3 is 0 Å². The molecule has 1 amide bonds. The maximum absolute atomic E-state index is 12.6. The summed E-state index contributed by atoms with van der Waals surface area (Å²) in [6, 6.07) is 0.514. The normalized spacial score (nSPS) is 21.2. The minimum Gasteiger partial charge on any atom is -0.340 e. The summed E-state index contributed by atoms with van der Waals surface area (Å²) in [5.74, 6) is 1.21. The standard InChI is InChI=1S/C17H32N2O/c18-13-6-14-19(16-9-4-5-10-16)17(20)12-11-15-7-2-1-3-8-15/h15-16H,1-14,18H2. The fourth-order valence-electron chi connectivity index (χ4n) is 3.94. The summed E-state index contributed by atoms with van der Waals surface area (Å²) >= 11 is 0. The van der Waals surface area contributed by atoms with Crippen LogP contribution in [0.2, 0.25) is 0 Å². The zero-order valence-electron chi connectivity index (χ0n) is 13.0. The van der Waals surface area contributed by atoms with Crippen molar-refractivity contribution in [2.45, 2.75) is 83.1 Å². The second-order valence-corrected chi connectivity index (χ2v) is 6.71. The molecule has 116 valence electrons. The van der Waals surface area contributed by atoms with Gasteiger partial charge in [-0.25, -0.2) is 0 Å². The summed E-state index contributed by atoms with van der Waals surface area (Å²) in [5.41, 5.74) is 5.63. The van der Waals surface area contributed by atoms with E-state index in [0.29, 0.717) is 18.5 Å². The van der Waals surface area contributed by atoms with Crippen LogP contribution in [-0.4, -0.2) is 29.9 Å². The molecule has 0 aromatic heterocycles. The number of carbonyl (C=O) groups is 1. The molecule has 0 atom stereocenters. The Morgan fingerprint density at radius 3 is 2.30 bits per heavy atom. The summed E-state index contributed by atoms with van der Waals surface area (Å²) < 4.78 is 0. The lowest BCUT2D eigenvalue weighted by Gasteiger charge is -2.30. The molecule has 2 aliphatic rings. The van der Waals surface area contributed by atoms with E-state index in [1.807, 2.05) is 0 Å². The van der Waals surface area contributed by atoms with Crippen molar-refractivity contribution in [2.24, 2.45) is 11.7 Å². The quantitative estimate of drug-likeness (QED) is 0.776. The molecular weight excluding hydrogens is 248 g/mol. The molecule has 3 heteroatoms. The first-order valence-corrected chi connectivity index (χ1v) is 8.81. The third-order valence-electron chi connectivity index (χ3n) is 5.18. The molecule has 2 saturated carbocycles. The van der Waals surface area contributed by atoms with E-state index in [4.69, 9.17) is 5.73 Å². The van der Waals surface area contributed by atoms with Crippen LogP contribution in [0.1, 0.15) is 77.0 Å². The van der Waals surface area contributed by atoms with Gasteiger partial charge in [0.15, 0.2) is 0 Å². The van der Waals surface area contributed by atoms with E-state index < -0.39 is 0 Å². The molecule has 0 aliphatic heterocycles. The Morgan fingerprint density at radius 1 is 1.00 bits per heavy atom. The number of hydrogen-bond donors (Lipinski definition) is 1. The fraction of sp³-hybridized carbons (Fsp3) is 0.941. The minimum atomic E-state index is 0.399. The topological polar surface area (TPSA) is 46.3 Å². The van der Waals surface area contributed by atoms with E-state index in [-0.39, 0.29) is 0 Å². The van der Waals surface area contributed by atoms with E-state index in [2.05, 4.69) is 4.90 Å². The van der Waals surface area contributed by atoms with Gasteiger partial charge in [0.1, 0.15) is 0 Å². The van der Waals surface area contributed by atoms with Crippen LogP contribution < -0.4 is 5.73 Å². The maximum Gasteiger partial charge on any atom is 0.222 e. The lowest BCUT2D eigenvalue weighted by atomic mass is 9.86. The number of amides is 1. The molecular formula is C17H32N2O. The van der Waals surface area contributed by atoms with E-state index in [0.717, 1.165) is 31.7 Å². The first kappa shape index (κ1) is 15.8. The van der Waals surface area contributed by atoms with Crippen molar-refractivity contribution >= 4 is 5.91 Å². The highest BCUT2D eigenvalue weighted by atomic mass is 16.2. The van der Waals surface area contributed by atoms with Gasteiger partial charge in [-0.3, -0.25) is 4.79 Å². The highest BCUT2D eigenvalue weighted by molar-refractivity contribution is 5.76. The van der Waals surface area contributed by atoms with Crippen molar-refractivity contribution < 1.29 is 4.79 Å². The Balaban J connectivity index is 1.78. The van der Waals surface area contributed by atoms with E-state index in [1.165, 1.54) is 57.8 Å². The first-order chi connectivity index (χ1) is 9.81. The maximum atomic E-state index is 12.6.